The van der Waals surface area contributed by atoms with Gasteiger partial charge in [0.15, 0.2) is 11.6 Å². The van der Waals surface area contributed by atoms with Crippen LogP contribution in [0.15, 0.2) is 66.7 Å². The molecule has 0 bridgehead atoms. The van der Waals surface area contributed by atoms with Crippen molar-refractivity contribution in [2.45, 2.75) is 12.3 Å². The fourth-order valence-electron chi connectivity index (χ4n) is 3.95. The van der Waals surface area contributed by atoms with Crippen LogP contribution in [0.2, 0.25) is 0 Å². The minimum Gasteiger partial charge on any atom is -0.494 e. The van der Waals surface area contributed by atoms with Gasteiger partial charge in [-0.2, -0.15) is 4.39 Å². The molecule has 0 radical (unpaired) electrons. The van der Waals surface area contributed by atoms with E-state index in [4.69, 9.17) is 9.47 Å². The summed E-state index contributed by atoms with van der Waals surface area (Å²) in [6.07, 6.45) is 3.06. The molecule has 0 saturated heterocycles. The van der Waals surface area contributed by atoms with E-state index in [9.17, 15) is 13.6 Å². The first-order chi connectivity index (χ1) is 15.6. The maximum absolute atomic E-state index is 13.9. The third-order valence-corrected chi connectivity index (χ3v) is 5.52. The van der Waals surface area contributed by atoms with E-state index in [1.165, 1.54) is 36.4 Å². The Morgan fingerprint density at radius 3 is 2.28 bits per heavy atom. The Kier molecular flexibility index (Phi) is 6.50. The monoisotopic (exact) mass is 435 g/mol. The van der Waals surface area contributed by atoms with Gasteiger partial charge >= 0.3 is 6.09 Å². The van der Waals surface area contributed by atoms with Gasteiger partial charge in [-0.05, 0) is 40.8 Å². The number of amides is 1. The summed E-state index contributed by atoms with van der Waals surface area (Å²) in [7, 11) is 1.28. The first kappa shape index (κ1) is 21.6. The van der Waals surface area contributed by atoms with E-state index >= 15 is 0 Å². The first-order valence-corrected chi connectivity index (χ1v) is 10.4. The lowest BCUT2D eigenvalue weighted by Gasteiger charge is -2.14. The summed E-state index contributed by atoms with van der Waals surface area (Å²) < 4.78 is 37.9. The van der Waals surface area contributed by atoms with E-state index in [2.05, 4.69) is 29.6 Å². The van der Waals surface area contributed by atoms with Gasteiger partial charge in [0.2, 0.25) is 5.82 Å². The second kappa shape index (κ2) is 9.64. The molecule has 3 aromatic rings. The molecule has 6 heteroatoms. The second-order valence-corrected chi connectivity index (χ2v) is 7.43. The number of hydrogen-bond acceptors (Lipinski definition) is 3. The van der Waals surface area contributed by atoms with E-state index in [1.54, 1.807) is 6.08 Å². The Morgan fingerprint density at radius 2 is 1.62 bits per heavy atom. The van der Waals surface area contributed by atoms with Crippen LogP contribution in [0, 0.1) is 11.6 Å². The van der Waals surface area contributed by atoms with Crippen molar-refractivity contribution >= 4 is 12.2 Å². The lowest BCUT2D eigenvalue weighted by molar-refractivity contribution is 0.143. The number of alkyl carbamates (subject to hydrolysis) is 1. The number of carbonyl (C=O) groups excluding carboxylic acids is 1. The van der Waals surface area contributed by atoms with Gasteiger partial charge in [-0.15, -0.1) is 0 Å². The lowest BCUT2D eigenvalue weighted by atomic mass is 9.98. The number of rotatable bonds is 7. The molecule has 1 amide bonds. The molecule has 0 unspecified atom stereocenters. The SMILES string of the molecule is COc1ccc(C=CCCNC(=O)OCC2c3ccccc3-c3ccccc32)c(F)c1F. The largest absolute Gasteiger partial charge is 0.494 e. The van der Waals surface area contributed by atoms with Crippen LogP contribution in [-0.4, -0.2) is 26.4 Å². The Balaban J connectivity index is 1.28. The zero-order chi connectivity index (χ0) is 22.5. The Morgan fingerprint density at radius 1 is 0.969 bits per heavy atom. The molecule has 1 N–H and O–H groups in total. The molecule has 4 nitrogen and oxygen atoms in total. The van der Waals surface area contributed by atoms with Crippen molar-refractivity contribution in [2.24, 2.45) is 0 Å². The van der Waals surface area contributed by atoms with E-state index in [1.807, 2.05) is 24.3 Å². The van der Waals surface area contributed by atoms with Crippen molar-refractivity contribution in [1.29, 1.82) is 0 Å². The van der Waals surface area contributed by atoms with Crippen molar-refractivity contribution in [3.63, 3.8) is 0 Å². The molecule has 0 heterocycles. The first-order valence-electron chi connectivity index (χ1n) is 10.4. The number of benzene rings is 3. The quantitative estimate of drug-likeness (QED) is 0.469. The lowest BCUT2D eigenvalue weighted by Crippen LogP contribution is -2.26. The molecular weight excluding hydrogens is 412 g/mol. The summed E-state index contributed by atoms with van der Waals surface area (Å²) in [4.78, 5) is 12.1. The molecule has 0 saturated carbocycles. The number of nitrogens with one attached hydrogen (secondary N) is 1. The second-order valence-electron chi connectivity index (χ2n) is 7.43. The maximum atomic E-state index is 13.9. The molecule has 164 valence electrons. The number of halogens is 2. The molecule has 32 heavy (non-hydrogen) atoms. The van der Waals surface area contributed by atoms with Gasteiger partial charge < -0.3 is 14.8 Å². The average Bonchev–Trinajstić information content (AvgIpc) is 3.14. The highest BCUT2D eigenvalue weighted by molar-refractivity contribution is 5.79. The fraction of sp³-hybridized carbons (Fsp3) is 0.192. The van der Waals surface area contributed by atoms with Crippen LogP contribution in [0.5, 0.6) is 5.75 Å². The molecule has 0 fully saturated rings. The van der Waals surface area contributed by atoms with Crippen LogP contribution >= 0.6 is 0 Å². The van der Waals surface area contributed by atoms with E-state index in [-0.39, 0.29) is 23.8 Å². The van der Waals surface area contributed by atoms with Gasteiger partial charge in [0.1, 0.15) is 6.61 Å². The standard InChI is InChI=1S/C26H23F2NO3/c1-31-23-14-13-17(24(27)25(23)28)8-6-7-15-29-26(30)32-16-22-20-11-4-2-9-18(20)19-10-3-5-12-21(19)22/h2-6,8-14,22H,7,15-16H2,1H3,(H,29,30). The highest BCUT2D eigenvalue weighted by Crippen LogP contribution is 2.44. The van der Waals surface area contributed by atoms with Crippen LogP contribution in [-0.2, 0) is 4.74 Å². The molecule has 1 aliphatic carbocycles. The zero-order valence-electron chi connectivity index (χ0n) is 17.6. The molecule has 1 aliphatic rings. The molecule has 4 rings (SSSR count). The van der Waals surface area contributed by atoms with Crippen molar-refractivity contribution in [3.8, 4) is 16.9 Å². The van der Waals surface area contributed by atoms with Gasteiger partial charge in [0.25, 0.3) is 0 Å². The van der Waals surface area contributed by atoms with E-state index in [0.717, 1.165) is 11.1 Å². The fourth-order valence-corrected chi connectivity index (χ4v) is 3.95. The molecule has 0 aromatic heterocycles. The van der Waals surface area contributed by atoms with Gasteiger partial charge in [-0.25, -0.2) is 9.18 Å². The molecule has 3 aromatic carbocycles. The molecule has 0 aliphatic heterocycles. The number of methoxy groups -OCH3 is 1. The van der Waals surface area contributed by atoms with E-state index < -0.39 is 17.7 Å². The normalized spacial score (nSPS) is 12.5. The van der Waals surface area contributed by atoms with Gasteiger partial charge in [0, 0.05) is 18.0 Å². The summed E-state index contributed by atoms with van der Waals surface area (Å²) in [5.41, 5.74) is 4.76. The molecule has 0 atom stereocenters. The van der Waals surface area contributed by atoms with Crippen molar-refractivity contribution in [2.75, 3.05) is 20.3 Å². The maximum Gasteiger partial charge on any atom is 0.407 e. The van der Waals surface area contributed by atoms with Crippen molar-refractivity contribution < 1.29 is 23.0 Å². The number of fused-ring (bicyclic) bond motifs is 3. The third-order valence-electron chi connectivity index (χ3n) is 5.52. The summed E-state index contributed by atoms with van der Waals surface area (Å²) in [5.74, 6) is -2.13. The highest BCUT2D eigenvalue weighted by Gasteiger charge is 2.28. The van der Waals surface area contributed by atoms with Crippen LogP contribution in [0.3, 0.4) is 0 Å². The Labute approximate surface area is 185 Å². The summed E-state index contributed by atoms with van der Waals surface area (Å²) in [6, 6.07) is 19.1. The number of hydrogen-bond donors (Lipinski definition) is 1. The minimum atomic E-state index is -1.02. The third kappa shape index (κ3) is 4.35. The molecule has 0 spiro atoms. The Hall–Kier alpha value is -3.67. The topological polar surface area (TPSA) is 47.6 Å². The summed E-state index contributed by atoms with van der Waals surface area (Å²) in [5, 5.41) is 2.68. The van der Waals surface area contributed by atoms with Crippen LogP contribution in [0.25, 0.3) is 17.2 Å². The summed E-state index contributed by atoms with van der Waals surface area (Å²) >= 11 is 0. The predicted octanol–water partition coefficient (Wildman–Crippen LogP) is 5.92. The van der Waals surface area contributed by atoms with Crippen LogP contribution in [0.1, 0.15) is 29.0 Å². The average molecular weight is 435 g/mol. The zero-order valence-corrected chi connectivity index (χ0v) is 17.6. The highest BCUT2D eigenvalue weighted by atomic mass is 19.2. The predicted molar refractivity (Wildman–Crippen MR) is 120 cm³/mol. The number of carbonyl (C=O) groups is 1. The van der Waals surface area contributed by atoms with Gasteiger partial charge in [-0.3, -0.25) is 0 Å². The molecular formula is C26H23F2NO3. The van der Waals surface area contributed by atoms with Crippen molar-refractivity contribution in [1.82, 2.24) is 5.32 Å². The minimum absolute atomic E-state index is 0.000916. The van der Waals surface area contributed by atoms with Crippen LogP contribution in [0.4, 0.5) is 13.6 Å². The van der Waals surface area contributed by atoms with Gasteiger partial charge in [-0.1, -0.05) is 60.7 Å². The van der Waals surface area contributed by atoms with E-state index in [0.29, 0.717) is 13.0 Å². The Bertz CT molecular complexity index is 1110. The number of ether oxygens (including phenoxy) is 2. The van der Waals surface area contributed by atoms with Crippen LogP contribution < -0.4 is 10.1 Å². The van der Waals surface area contributed by atoms with Crippen molar-refractivity contribution in [3.05, 3.63) is 95.1 Å². The smallest absolute Gasteiger partial charge is 0.407 e. The summed E-state index contributed by atoms with van der Waals surface area (Å²) in [6.45, 7) is 0.555. The van der Waals surface area contributed by atoms with Gasteiger partial charge in [0.05, 0.1) is 7.11 Å².